The highest BCUT2D eigenvalue weighted by Crippen LogP contribution is 2.14. The smallest absolute Gasteiger partial charge is 0.191 e. The molecule has 1 aromatic heterocycles. The number of nitrogens with one attached hydrogen (secondary N) is 3. The number of nitrogens with zero attached hydrogens (tertiary/aromatic N) is 1. The van der Waals surface area contributed by atoms with Gasteiger partial charge in [0.2, 0.25) is 0 Å². The Morgan fingerprint density at radius 1 is 1.53 bits per heavy atom. The summed E-state index contributed by atoms with van der Waals surface area (Å²) in [6.45, 7) is 7.03. The van der Waals surface area contributed by atoms with Crippen LogP contribution in [0, 0.1) is 0 Å². The molecule has 0 aromatic carbocycles. The molecule has 0 aliphatic carbocycles. The van der Waals surface area contributed by atoms with Gasteiger partial charge in [0, 0.05) is 25.7 Å². The Bertz CT molecular complexity index is 388. The first-order valence-electron chi connectivity index (χ1n) is 7.11. The van der Waals surface area contributed by atoms with Gasteiger partial charge < -0.3 is 20.4 Å². The number of hydrogen-bond donors (Lipinski definition) is 3. The van der Waals surface area contributed by atoms with Gasteiger partial charge in [-0.15, -0.1) is 0 Å². The van der Waals surface area contributed by atoms with Gasteiger partial charge in [0.25, 0.3) is 0 Å². The third-order valence-corrected chi connectivity index (χ3v) is 3.36. The van der Waals surface area contributed by atoms with Crippen LogP contribution in [-0.4, -0.2) is 31.6 Å². The summed E-state index contributed by atoms with van der Waals surface area (Å²) >= 11 is 0. The van der Waals surface area contributed by atoms with Crippen LogP contribution >= 0.6 is 0 Å². The highest BCUT2D eigenvalue weighted by Gasteiger charge is 2.17. The minimum absolute atomic E-state index is 0.163. The Kier molecular flexibility index (Phi) is 5.27. The van der Waals surface area contributed by atoms with Crippen LogP contribution in [0.1, 0.15) is 38.5 Å². The summed E-state index contributed by atoms with van der Waals surface area (Å²) in [5.41, 5.74) is 0. The predicted molar refractivity (Wildman–Crippen MR) is 77.3 cm³/mol. The molecule has 3 N–H and O–H groups in total. The molecule has 1 aromatic rings. The van der Waals surface area contributed by atoms with Crippen molar-refractivity contribution in [3.8, 4) is 0 Å². The molecule has 106 valence electrons. The molecule has 19 heavy (non-hydrogen) atoms. The van der Waals surface area contributed by atoms with Gasteiger partial charge in [-0.05, 0) is 31.9 Å². The topological polar surface area (TPSA) is 61.6 Å². The monoisotopic (exact) mass is 264 g/mol. The maximum Gasteiger partial charge on any atom is 0.191 e. The van der Waals surface area contributed by atoms with E-state index in [1.54, 1.807) is 6.26 Å². The van der Waals surface area contributed by atoms with Gasteiger partial charge >= 0.3 is 0 Å². The highest BCUT2D eigenvalue weighted by molar-refractivity contribution is 5.80. The van der Waals surface area contributed by atoms with Crippen LogP contribution in [0.4, 0.5) is 0 Å². The average Bonchev–Trinajstić information content (AvgIpc) is 2.98. The third-order valence-electron chi connectivity index (χ3n) is 3.36. The van der Waals surface area contributed by atoms with E-state index in [2.05, 4.69) is 34.8 Å². The first kappa shape index (κ1) is 13.9. The molecule has 0 bridgehead atoms. The molecule has 1 aliphatic heterocycles. The zero-order valence-electron chi connectivity index (χ0n) is 11.8. The lowest BCUT2D eigenvalue weighted by molar-refractivity contribution is 0.372. The molecule has 2 unspecified atom stereocenters. The Labute approximate surface area is 114 Å². The van der Waals surface area contributed by atoms with E-state index in [0.29, 0.717) is 6.04 Å². The Hall–Kier alpha value is -1.49. The minimum atomic E-state index is 0.163. The second-order valence-electron chi connectivity index (χ2n) is 4.94. The first-order valence-corrected chi connectivity index (χ1v) is 7.11. The number of guanidine groups is 1. The molecule has 0 amide bonds. The van der Waals surface area contributed by atoms with Crippen molar-refractivity contribution >= 4 is 5.96 Å². The Morgan fingerprint density at radius 3 is 3.05 bits per heavy atom. The fraction of sp³-hybridized carbons (Fsp3) is 0.643. The van der Waals surface area contributed by atoms with E-state index in [-0.39, 0.29) is 6.04 Å². The minimum Gasteiger partial charge on any atom is -0.468 e. The van der Waals surface area contributed by atoms with Gasteiger partial charge in [-0.3, -0.25) is 4.99 Å². The van der Waals surface area contributed by atoms with Crippen LogP contribution in [0.5, 0.6) is 0 Å². The largest absolute Gasteiger partial charge is 0.468 e. The highest BCUT2D eigenvalue weighted by atomic mass is 16.3. The lowest BCUT2D eigenvalue weighted by Gasteiger charge is -2.23. The van der Waals surface area contributed by atoms with E-state index in [1.165, 1.54) is 0 Å². The Morgan fingerprint density at radius 2 is 2.42 bits per heavy atom. The van der Waals surface area contributed by atoms with Crippen LogP contribution in [0.25, 0.3) is 0 Å². The van der Waals surface area contributed by atoms with Gasteiger partial charge in [-0.25, -0.2) is 0 Å². The SMILES string of the molecule is CCC(C)NC(CNC1=NCCCN1)c1ccco1. The quantitative estimate of drug-likeness (QED) is 0.731. The summed E-state index contributed by atoms with van der Waals surface area (Å²) in [6, 6.07) is 4.56. The van der Waals surface area contributed by atoms with Crippen LogP contribution in [0.15, 0.2) is 27.8 Å². The maximum atomic E-state index is 5.52. The lowest BCUT2D eigenvalue weighted by atomic mass is 10.1. The van der Waals surface area contributed by atoms with Crippen molar-refractivity contribution in [2.45, 2.75) is 38.8 Å². The first-order chi connectivity index (χ1) is 9.29. The summed E-state index contributed by atoms with van der Waals surface area (Å²) in [5, 5.41) is 10.2. The van der Waals surface area contributed by atoms with Gasteiger partial charge in [0.05, 0.1) is 12.3 Å². The molecule has 0 fully saturated rings. The van der Waals surface area contributed by atoms with E-state index in [1.807, 2.05) is 12.1 Å². The van der Waals surface area contributed by atoms with Gasteiger partial charge in [0.15, 0.2) is 5.96 Å². The van der Waals surface area contributed by atoms with Crippen LogP contribution in [-0.2, 0) is 0 Å². The fourth-order valence-corrected chi connectivity index (χ4v) is 2.04. The van der Waals surface area contributed by atoms with Crippen LogP contribution in [0.3, 0.4) is 0 Å². The molecule has 2 atom stereocenters. The van der Waals surface area contributed by atoms with Crippen molar-refractivity contribution in [2.24, 2.45) is 4.99 Å². The van der Waals surface area contributed by atoms with E-state index < -0.39 is 0 Å². The third kappa shape index (κ3) is 4.28. The normalized spacial score (nSPS) is 18.3. The molecule has 1 aliphatic rings. The fourth-order valence-electron chi connectivity index (χ4n) is 2.04. The van der Waals surface area contributed by atoms with Crippen molar-refractivity contribution in [1.29, 1.82) is 0 Å². The molecule has 2 heterocycles. The van der Waals surface area contributed by atoms with E-state index in [4.69, 9.17) is 4.42 Å². The molecule has 0 radical (unpaired) electrons. The number of rotatable bonds is 6. The molecule has 5 heteroatoms. The predicted octanol–water partition coefficient (Wildman–Crippen LogP) is 1.65. The molecule has 0 saturated carbocycles. The summed E-state index contributed by atoms with van der Waals surface area (Å²) in [5.74, 6) is 1.86. The lowest BCUT2D eigenvalue weighted by Crippen LogP contribution is -2.45. The van der Waals surface area contributed by atoms with Crippen LogP contribution < -0.4 is 16.0 Å². The summed E-state index contributed by atoms with van der Waals surface area (Å²) in [7, 11) is 0. The standard InChI is InChI=1S/C14H24N4O/c1-3-11(2)18-12(13-6-4-9-19-13)10-17-14-15-7-5-8-16-14/h4,6,9,11-12,18H,3,5,7-8,10H2,1-2H3,(H2,15,16,17). The second kappa shape index (κ2) is 7.19. The average molecular weight is 264 g/mol. The number of furan rings is 1. The van der Waals surface area contributed by atoms with E-state index in [9.17, 15) is 0 Å². The zero-order chi connectivity index (χ0) is 13.5. The second-order valence-corrected chi connectivity index (χ2v) is 4.94. The zero-order valence-corrected chi connectivity index (χ0v) is 11.8. The summed E-state index contributed by atoms with van der Waals surface area (Å²) < 4.78 is 5.52. The summed E-state index contributed by atoms with van der Waals surface area (Å²) in [6.07, 6.45) is 3.92. The van der Waals surface area contributed by atoms with Crippen LogP contribution in [0.2, 0.25) is 0 Å². The van der Waals surface area contributed by atoms with Crippen molar-refractivity contribution in [1.82, 2.24) is 16.0 Å². The number of hydrogen-bond acceptors (Lipinski definition) is 5. The molecule has 0 saturated heterocycles. The Balaban J connectivity index is 1.91. The van der Waals surface area contributed by atoms with Crippen molar-refractivity contribution in [2.75, 3.05) is 19.6 Å². The van der Waals surface area contributed by atoms with Gasteiger partial charge in [-0.2, -0.15) is 0 Å². The van der Waals surface area contributed by atoms with Gasteiger partial charge in [0.1, 0.15) is 5.76 Å². The van der Waals surface area contributed by atoms with Crippen molar-refractivity contribution in [3.05, 3.63) is 24.2 Å². The molecular weight excluding hydrogens is 240 g/mol. The molecule has 2 rings (SSSR count). The molecule has 5 nitrogen and oxygen atoms in total. The van der Waals surface area contributed by atoms with E-state index >= 15 is 0 Å². The van der Waals surface area contributed by atoms with Gasteiger partial charge in [-0.1, -0.05) is 6.92 Å². The van der Waals surface area contributed by atoms with Crippen molar-refractivity contribution in [3.63, 3.8) is 0 Å². The van der Waals surface area contributed by atoms with E-state index in [0.717, 1.165) is 44.2 Å². The number of aliphatic imine (C=N–C) groups is 1. The summed E-state index contributed by atoms with van der Waals surface area (Å²) in [4.78, 5) is 4.42. The van der Waals surface area contributed by atoms with Crippen molar-refractivity contribution < 1.29 is 4.42 Å². The molecule has 0 spiro atoms. The maximum absolute atomic E-state index is 5.52. The molecular formula is C14H24N4O.